The van der Waals surface area contributed by atoms with Crippen LogP contribution in [0.2, 0.25) is 0 Å². The van der Waals surface area contributed by atoms with Crippen molar-refractivity contribution in [3.05, 3.63) is 29.8 Å². The highest BCUT2D eigenvalue weighted by Gasteiger charge is 2.23. The predicted octanol–water partition coefficient (Wildman–Crippen LogP) is 3.31. The molecule has 1 aromatic carbocycles. The maximum Gasteiger partial charge on any atom is 0.120 e. The molecule has 1 aliphatic rings. The molecule has 0 heterocycles. The highest BCUT2D eigenvalue weighted by atomic mass is 16.5. The van der Waals surface area contributed by atoms with Gasteiger partial charge < -0.3 is 14.8 Å². The zero-order valence-corrected chi connectivity index (χ0v) is 12.0. The molecule has 0 aliphatic heterocycles. The molecule has 1 atom stereocenters. The van der Waals surface area contributed by atoms with Gasteiger partial charge in [-0.15, -0.1) is 0 Å². The molecule has 0 aromatic heterocycles. The number of nitrogens with one attached hydrogen (secondary N) is 1. The SMILES string of the molecule is CCNC(CCCOC)c1cccc(OC2CC2)c1. The molecule has 0 saturated heterocycles. The van der Waals surface area contributed by atoms with Crippen molar-refractivity contribution in [2.75, 3.05) is 20.3 Å². The molecule has 3 nitrogen and oxygen atoms in total. The smallest absolute Gasteiger partial charge is 0.120 e. The van der Waals surface area contributed by atoms with Crippen molar-refractivity contribution < 1.29 is 9.47 Å². The number of hydrogen-bond acceptors (Lipinski definition) is 3. The van der Waals surface area contributed by atoms with Crippen LogP contribution < -0.4 is 10.1 Å². The summed E-state index contributed by atoms with van der Waals surface area (Å²) in [7, 11) is 1.76. The predicted molar refractivity (Wildman–Crippen MR) is 77.6 cm³/mol. The van der Waals surface area contributed by atoms with E-state index in [1.54, 1.807) is 7.11 Å². The first-order valence-electron chi connectivity index (χ1n) is 7.32. The van der Waals surface area contributed by atoms with Crippen molar-refractivity contribution in [2.24, 2.45) is 0 Å². The van der Waals surface area contributed by atoms with E-state index in [0.717, 1.165) is 31.7 Å². The van der Waals surface area contributed by atoms with Crippen LogP contribution in [0.3, 0.4) is 0 Å². The summed E-state index contributed by atoms with van der Waals surface area (Å²) >= 11 is 0. The molecule has 1 N–H and O–H groups in total. The third-order valence-electron chi connectivity index (χ3n) is 3.38. The minimum atomic E-state index is 0.392. The van der Waals surface area contributed by atoms with E-state index in [4.69, 9.17) is 9.47 Å². The lowest BCUT2D eigenvalue weighted by Crippen LogP contribution is -2.21. The average molecular weight is 263 g/mol. The zero-order chi connectivity index (χ0) is 13.5. The molecule has 2 rings (SSSR count). The molecule has 106 valence electrons. The molecule has 1 unspecified atom stereocenters. The maximum absolute atomic E-state index is 5.87. The van der Waals surface area contributed by atoms with Gasteiger partial charge in [0.05, 0.1) is 6.10 Å². The standard InChI is InChI=1S/C16H25NO2/c1-3-17-16(8-5-11-18-2)13-6-4-7-15(12-13)19-14-9-10-14/h4,6-7,12,14,16-17H,3,5,8-11H2,1-2H3. The van der Waals surface area contributed by atoms with E-state index in [2.05, 4.69) is 36.5 Å². The molecule has 0 amide bonds. The van der Waals surface area contributed by atoms with Crippen LogP contribution in [0.4, 0.5) is 0 Å². The summed E-state index contributed by atoms with van der Waals surface area (Å²) in [5, 5.41) is 3.54. The summed E-state index contributed by atoms with van der Waals surface area (Å²) in [4.78, 5) is 0. The highest BCUT2D eigenvalue weighted by molar-refractivity contribution is 5.31. The second-order valence-electron chi connectivity index (χ2n) is 5.13. The van der Waals surface area contributed by atoms with Crippen LogP contribution in [0.1, 0.15) is 44.2 Å². The third kappa shape index (κ3) is 4.84. The molecule has 0 spiro atoms. The highest BCUT2D eigenvalue weighted by Crippen LogP contribution is 2.29. The van der Waals surface area contributed by atoms with E-state index in [-0.39, 0.29) is 0 Å². The van der Waals surface area contributed by atoms with E-state index < -0.39 is 0 Å². The summed E-state index contributed by atoms with van der Waals surface area (Å²) in [6.07, 6.45) is 5.03. The first-order chi connectivity index (χ1) is 9.33. The van der Waals surface area contributed by atoms with E-state index in [0.29, 0.717) is 12.1 Å². The Labute approximate surface area is 116 Å². The van der Waals surface area contributed by atoms with Crippen molar-refractivity contribution >= 4 is 0 Å². The second-order valence-corrected chi connectivity index (χ2v) is 5.13. The van der Waals surface area contributed by atoms with Gasteiger partial charge in [0.2, 0.25) is 0 Å². The lowest BCUT2D eigenvalue weighted by Gasteiger charge is -2.19. The van der Waals surface area contributed by atoms with Crippen LogP contribution in [0.15, 0.2) is 24.3 Å². The molecule has 3 heteroatoms. The van der Waals surface area contributed by atoms with E-state index in [1.165, 1.54) is 18.4 Å². The van der Waals surface area contributed by atoms with Gasteiger partial charge in [0, 0.05) is 19.8 Å². The molecule has 1 saturated carbocycles. The lowest BCUT2D eigenvalue weighted by atomic mass is 10.0. The molecule has 1 aromatic rings. The normalized spacial score (nSPS) is 16.3. The Kier molecular flexibility index (Phi) is 5.67. The van der Waals surface area contributed by atoms with Crippen molar-refractivity contribution in [3.8, 4) is 5.75 Å². The van der Waals surface area contributed by atoms with Gasteiger partial charge in [-0.2, -0.15) is 0 Å². The summed E-state index contributed by atoms with van der Waals surface area (Å²) in [5.41, 5.74) is 1.32. The average Bonchev–Trinajstić information content (AvgIpc) is 3.22. The van der Waals surface area contributed by atoms with Gasteiger partial charge in [0.1, 0.15) is 5.75 Å². The van der Waals surface area contributed by atoms with E-state index in [1.807, 2.05) is 0 Å². The number of hydrogen-bond donors (Lipinski definition) is 1. The Hall–Kier alpha value is -1.06. The maximum atomic E-state index is 5.87. The van der Waals surface area contributed by atoms with Crippen molar-refractivity contribution in [3.63, 3.8) is 0 Å². The van der Waals surface area contributed by atoms with Gasteiger partial charge in [0.25, 0.3) is 0 Å². The van der Waals surface area contributed by atoms with Crippen molar-refractivity contribution in [1.29, 1.82) is 0 Å². The Morgan fingerprint density at radius 2 is 2.21 bits per heavy atom. The molecule has 0 radical (unpaired) electrons. The van der Waals surface area contributed by atoms with E-state index >= 15 is 0 Å². The molecule has 1 fully saturated rings. The summed E-state index contributed by atoms with van der Waals surface area (Å²) < 4.78 is 11.0. The monoisotopic (exact) mass is 263 g/mol. The topological polar surface area (TPSA) is 30.5 Å². The largest absolute Gasteiger partial charge is 0.490 e. The van der Waals surface area contributed by atoms with Crippen LogP contribution in [-0.2, 0) is 4.74 Å². The van der Waals surface area contributed by atoms with Gasteiger partial charge in [-0.05, 0) is 49.9 Å². The van der Waals surface area contributed by atoms with Crippen molar-refractivity contribution in [1.82, 2.24) is 5.32 Å². The number of benzene rings is 1. The van der Waals surface area contributed by atoms with E-state index in [9.17, 15) is 0 Å². The summed E-state index contributed by atoms with van der Waals surface area (Å²) in [6, 6.07) is 8.90. The molecular formula is C16H25NO2. The van der Waals surface area contributed by atoms with Gasteiger partial charge in [-0.3, -0.25) is 0 Å². The summed E-state index contributed by atoms with van der Waals surface area (Å²) in [5.74, 6) is 1.01. The van der Waals surface area contributed by atoms with Gasteiger partial charge in [-0.25, -0.2) is 0 Å². The number of methoxy groups -OCH3 is 1. The minimum absolute atomic E-state index is 0.392. The van der Waals surface area contributed by atoms with Crippen LogP contribution in [0.25, 0.3) is 0 Å². The molecule has 1 aliphatic carbocycles. The first-order valence-corrected chi connectivity index (χ1v) is 7.32. The lowest BCUT2D eigenvalue weighted by molar-refractivity contribution is 0.189. The van der Waals surface area contributed by atoms with Gasteiger partial charge in [0.15, 0.2) is 0 Å². The Morgan fingerprint density at radius 1 is 1.37 bits per heavy atom. The quantitative estimate of drug-likeness (QED) is 0.693. The van der Waals surface area contributed by atoms with Gasteiger partial charge in [-0.1, -0.05) is 19.1 Å². The third-order valence-corrected chi connectivity index (χ3v) is 3.38. The van der Waals surface area contributed by atoms with Crippen LogP contribution in [0.5, 0.6) is 5.75 Å². The molecule has 0 bridgehead atoms. The van der Waals surface area contributed by atoms with Crippen LogP contribution in [0, 0.1) is 0 Å². The fourth-order valence-electron chi connectivity index (χ4n) is 2.25. The molecule has 19 heavy (non-hydrogen) atoms. The fraction of sp³-hybridized carbons (Fsp3) is 0.625. The Bertz CT molecular complexity index is 377. The fourth-order valence-corrected chi connectivity index (χ4v) is 2.25. The summed E-state index contributed by atoms with van der Waals surface area (Å²) in [6.45, 7) is 3.94. The number of rotatable bonds is 9. The Balaban J connectivity index is 1.97. The van der Waals surface area contributed by atoms with Gasteiger partial charge >= 0.3 is 0 Å². The van der Waals surface area contributed by atoms with Crippen molar-refractivity contribution in [2.45, 2.75) is 44.8 Å². The minimum Gasteiger partial charge on any atom is -0.490 e. The second kappa shape index (κ2) is 7.51. The molecular weight excluding hydrogens is 238 g/mol. The Morgan fingerprint density at radius 3 is 2.89 bits per heavy atom. The van der Waals surface area contributed by atoms with Crippen LogP contribution >= 0.6 is 0 Å². The first kappa shape index (κ1) is 14.4. The van der Waals surface area contributed by atoms with Crippen LogP contribution in [-0.4, -0.2) is 26.4 Å². The number of ether oxygens (including phenoxy) is 2. The zero-order valence-electron chi connectivity index (χ0n) is 12.0.